The number of amides is 2. The molecule has 0 aliphatic carbocycles. The quantitative estimate of drug-likeness (QED) is 0.753. The lowest BCUT2D eigenvalue weighted by molar-refractivity contribution is -0.00557. The lowest BCUT2D eigenvalue weighted by atomic mass is 10.0. The molecule has 160 valence electrons. The molecule has 0 radical (unpaired) electrons. The van der Waals surface area contributed by atoms with Crippen molar-refractivity contribution in [1.29, 1.82) is 0 Å². The van der Waals surface area contributed by atoms with Crippen molar-refractivity contribution in [3.05, 3.63) is 41.3 Å². The molecule has 0 spiro atoms. The normalized spacial score (nSPS) is 21.3. The standard InChI is InChI=1S/C22H29N5O2S/c1-14-11-27(12-15(2)29-14)21-19-13-26(10-9-20(19)23-16(3)24-21)22(28)25-17-5-7-18(30-4)8-6-17/h5-8,14-15H,9-13H2,1-4H3,(H,25,28)/t14-,15-/m0/s1. The van der Waals surface area contributed by atoms with Gasteiger partial charge in [-0.2, -0.15) is 0 Å². The maximum Gasteiger partial charge on any atom is 0.322 e. The van der Waals surface area contributed by atoms with Crippen LogP contribution in [-0.2, 0) is 17.7 Å². The van der Waals surface area contributed by atoms with Gasteiger partial charge in [-0.1, -0.05) is 0 Å². The summed E-state index contributed by atoms with van der Waals surface area (Å²) in [5.74, 6) is 1.73. The number of aromatic nitrogens is 2. The van der Waals surface area contributed by atoms with E-state index in [0.717, 1.165) is 48.1 Å². The number of anilines is 2. The highest BCUT2D eigenvalue weighted by atomic mass is 32.2. The van der Waals surface area contributed by atoms with Gasteiger partial charge in [0.25, 0.3) is 0 Å². The number of thioether (sulfide) groups is 1. The number of urea groups is 1. The number of nitrogens with one attached hydrogen (secondary N) is 1. The van der Waals surface area contributed by atoms with Crippen LogP contribution in [0.2, 0.25) is 0 Å². The Labute approximate surface area is 182 Å². The van der Waals surface area contributed by atoms with Crippen molar-refractivity contribution in [3.8, 4) is 0 Å². The van der Waals surface area contributed by atoms with E-state index in [9.17, 15) is 4.79 Å². The average molecular weight is 428 g/mol. The molecule has 3 heterocycles. The molecule has 1 N–H and O–H groups in total. The van der Waals surface area contributed by atoms with Crippen LogP contribution in [0, 0.1) is 6.92 Å². The average Bonchev–Trinajstić information content (AvgIpc) is 2.72. The third kappa shape index (κ3) is 4.54. The van der Waals surface area contributed by atoms with Gasteiger partial charge in [-0.05, 0) is 51.3 Å². The number of hydrogen-bond acceptors (Lipinski definition) is 6. The van der Waals surface area contributed by atoms with Gasteiger partial charge in [-0.15, -0.1) is 11.8 Å². The molecule has 2 aliphatic heterocycles. The maximum atomic E-state index is 12.9. The molecule has 2 atom stereocenters. The van der Waals surface area contributed by atoms with Crippen LogP contribution in [0.4, 0.5) is 16.3 Å². The van der Waals surface area contributed by atoms with Gasteiger partial charge in [-0.25, -0.2) is 14.8 Å². The number of carbonyl (C=O) groups excluding carboxylic acids is 1. The Kier molecular flexibility index (Phi) is 6.15. The molecule has 0 unspecified atom stereocenters. The van der Waals surface area contributed by atoms with Crippen LogP contribution in [0.3, 0.4) is 0 Å². The fourth-order valence-corrected chi connectivity index (χ4v) is 4.59. The minimum atomic E-state index is -0.0900. The Bertz CT molecular complexity index is 910. The van der Waals surface area contributed by atoms with E-state index in [1.54, 1.807) is 11.8 Å². The molecular weight excluding hydrogens is 398 g/mol. The van der Waals surface area contributed by atoms with Crippen LogP contribution in [0.5, 0.6) is 0 Å². The Hall–Kier alpha value is -2.32. The molecular formula is C22H29N5O2S. The van der Waals surface area contributed by atoms with E-state index in [0.29, 0.717) is 13.1 Å². The van der Waals surface area contributed by atoms with Crippen molar-refractivity contribution in [2.45, 2.75) is 50.8 Å². The molecule has 1 aromatic carbocycles. The zero-order valence-corrected chi connectivity index (χ0v) is 18.8. The summed E-state index contributed by atoms with van der Waals surface area (Å²) >= 11 is 1.68. The monoisotopic (exact) mass is 427 g/mol. The molecule has 7 nitrogen and oxygen atoms in total. The van der Waals surface area contributed by atoms with Crippen molar-refractivity contribution in [2.24, 2.45) is 0 Å². The van der Waals surface area contributed by atoms with Gasteiger partial charge in [0.2, 0.25) is 0 Å². The van der Waals surface area contributed by atoms with E-state index in [-0.39, 0.29) is 18.2 Å². The van der Waals surface area contributed by atoms with Crippen LogP contribution >= 0.6 is 11.8 Å². The highest BCUT2D eigenvalue weighted by Gasteiger charge is 2.30. The van der Waals surface area contributed by atoms with Gasteiger partial charge in [0.1, 0.15) is 11.6 Å². The Morgan fingerprint density at radius 2 is 1.87 bits per heavy atom. The minimum Gasteiger partial charge on any atom is -0.372 e. The zero-order valence-electron chi connectivity index (χ0n) is 18.0. The number of nitrogens with zero attached hydrogens (tertiary/aromatic N) is 4. The van der Waals surface area contributed by atoms with Gasteiger partial charge in [-0.3, -0.25) is 0 Å². The highest BCUT2D eigenvalue weighted by molar-refractivity contribution is 7.98. The molecule has 2 aliphatic rings. The van der Waals surface area contributed by atoms with Gasteiger partial charge in [0.15, 0.2) is 0 Å². The topological polar surface area (TPSA) is 70.6 Å². The third-order valence-electron chi connectivity index (χ3n) is 5.50. The number of morpholine rings is 1. The molecule has 8 heteroatoms. The summed E-state index contributed by atoms with van der Waals surface area (Å²) in [6.07, 6.45) is 3.06. The van der Waals surface area contributed by atoms with Gasteiger partial charge >= 0.3 is 6.03 Å². The summed E-state index contributed by atoms with van der Waals surface area (Å²) in [5, 5.41) is 3.02. The van der Waals surface area contributed by atoms with Gasteiger partial charge in [0.05, 0.1) is 24.4 Å². The van der Waals surface area contributed by atoms with Gasteiger partial charge in [0, 0.05) is 42.2 Å². The van der Waals surface area contributed by atoms with E-state index < -0.39 is 0 Å². The Morgan fingerprint density at radius 1 is 1.17 bits per heavy atom. The highest BCUT2D eigenvalue weighted by Crippen LogP contribution is 2.29. The summed E-state index contributed by atoms with van der Waals surface area (Å²) in [4.78, 5) is 27.7. The Morgan fingerprint density at radius 3 is 2.53 bits per heavy atom. The van der Waals surface area contributed by atoms with Crippen LogP contribution in [0.1, 0.15) is 30.9 Å². The number of ether oxygens (including phenoxy) is 1. The van der Waals surface area contributed by atoms with E-state index >= 15 is 0 Å². The second-order valence-electron chi connectivity index (χ2n) is 8.01. The summed E-state index contributed by atoms with van der Waals surface area (Å²) in [5.41, 5.74) is 2.92. The van der Waals surface area contributed by atoms with E-state index in [2.05, 4.69) is 29.0 Å². The second-order valence-corrected chi connectivity index (χ2v) is 8.89. The predicted octanol–water partition coefficient (Wildman–Crippen LogP) is 3.71. The van der Waals surface area contributed by atoms with Crippen LogP contribution < -0.4 is 10.2 Å². The number of aryl methyl sites for hydroxylation is 1. The van der Waals surface area contributed by atoms with Crippen molar-refractivity contribution in [3.63, 3.8) is 0 Å². The number of benzene rings is 1. The van der Waals surface area contributed by atoms with Crippen molar-refractivity contribution in [1.82, 2.24) is 14.9 Å². The van der Waals surface area contributed by atoms with E-state index in [1.807, 2.05) is 42.3 Å². The maximum absolute atomic E-state index is 12.9. The van der Waals surface area contributed by atoms with Crippen molar-refractivity contribution >= 4 is 29.3 Å². The summed E-state index contributed by atoms with van der Waals surface area (Å²) in [7, 11) is 0. The molecule has 2 aromatic rings. The summed E-state index contributed by atoms with van der Waals surface area (Å²) in [6, 6.07) is 7.82. The largest absolute Gasteiger partial charge is 0.372 e. The third-order valence-corrected chi connectivity index (χ3v) is 6.24. The lowest BCUT2D eigenvalue weighted by Gasteiger charge is -2.38. The molecule has 30 heavy (non-hydrogen) atoms. The Balaban J connectivity index is 1.54. The number of rotatable bonds is 3. The van der Waals surface area contributed by atoms with Crippen LogP contribution in [0.15, 0.2) is 29.2 Å². The molecule has 4 rings (SSSR count). The number of fused-ring (bicyclic) bond motifs is 1. The molecule has 2 amide bonds. The van der Waals surface area contributed by atoms with Crippen molar-refractivity contribution in [2.75, 3.05) is 36.1 Å². The molecule has 0 bridgehead atoms. The fraction of sp³-hybridized carbons (Fsp3) is 0.500. The molecule has 1 fully saturated rings. The van der Waals surface area contributed by atoms with Crippen molar-refractivity contribution < 1.29 is 9.53 Å². The minimum absolute atomic E-state index is 0.0900. The summed E-state index contributed by atoms with van der Waals surface area (Å²) in [6.45, 7) is 8.86. The first-order chi connectivity index (χ1) is 14.4. The fourth-order valence-electron chi connectivity index (χ4n) is 4.18. The van der Waals surface area contributed by atoms with E-state index in [1.165, 1.54) is 4.90 Å². The van der Waals surface area contributed by atoms with E-state index in [4.69, 9.17) is 9.72 Å². The predicted molar refractivity (Wildman–Crippen MR) is 120 cm³/mol. The number of carbonyl (C=O) groups is 1. The molecule has 1 saturated heterocycles. The van der Waals surface area contributed by atoms with Gasteiger partial charge < -0.3 is 19.9 Å². The van der Waals surface area contributed by atoms with Crippen LogP contribution in [-0.4, -0.2) is 59.0 Å². The lowest BCUT2D eigenvalue weighted by Crippen LogP contribution is -2.47. The van der Waals surface area contributed by atoms with Crippen LogP contribution in [0.25, 0.3) is 0 Å². The first-order valence-electron chi connectivity index (χ1n) is 10.4. The zero-order chi connectivity index (χ0) is 21.3. The first-order valence-corrected chi connectivity index (χ1v) is 11.6. The molecule has 1 aromatic heterocycles. The first kappa shape index (κ1) is 20.9. The summed E-state index contributed by atoms with van der Waals surface area (Å²) < 4.78 is 5.89. The molecule has 0 saturated carbocycles. The SMILES string of the molecule is CSc1ccc(NC(=O)N2CCc3nc(C)nc(N4C[C@H](C)O[C@@H](C)C4)c3C2)cc1. The number of hydrogen-bond donors (Lipinski definition) is 1. The smallest absolute Gasteiger partial charge is 0.322 e. The second kappa shape index (κ2) is 8.81.